The van der Waals surface area contributed by atoms with Gasteiger partial charge in [0.1, 0.15) is 0 Å². The Kier molecular flexibility index (Phi) is 7.44. The van der Waals surface area contributed by atoms with Crippen molar-refractivity contribution in [2.45, 2.75) is 13.8 Å². The Hall–Kier alpha value is -1.18. The third-order valence-corrected chi connectivity index (χ3v) is 1.92. The van der Waals surface area contributed by atoms with E-state index in [0.29, 0.717) is 0 Å². The Morgan fingerprint density at radius 3 is 1.59 bits per heavy atom. The molecule has 0 aliphatic carbocycles. The maximum absolute atomic E-state index is 11.5. The van der Waals surface area contributed by atoms with Crippen LogP contribution < -0.4 is 0 Å². The molecule has 4 nitrogen and oxygen atoms in total. The number of benzene rings is 1. The third kappa shape index (κ3) is 4.29. The first-order valence-electron chi connectivity index (χ1n) is 5.14. The monoisotopic (exact) mass is 328 g/mol. The molecule has 0 fully saturated rings. The maximum Gasteiger partial charge on any atom is 0.338 e. The van der Waals surface area contributed by atoms with E-state index < -0.39 is 11.9 Å². The molecule has 5 heteroatoms. The van der Waals surface area contributed by atoms with Gasteiger partial charge in [-0.3, -0.25) is 0 Å². The summed E-state index contributed by atoms with van der Waals surface area (Å²) in [5.74, 6) is -1.02. The molecule has 0 amide bonds. The van der Waals surface area contributed by atoms with Gasteiger partial charge in [0.05, 0.1) is 24.3 Å². The second kappa shape index (κ2) is 7.99. The molecule has 0 heterocycles. The van der Waals surface area contributed by atoms with Gasteiger partial charge in [-0.05, 0) is 26.0 Å². The van der Waals surface area contributed by atoms with Crippen molar-refractivity contribution in [1.82, 2.24) is 0 Å². The summed E-state index contributed by atoms with van der Waals surface area (Å²) in [6, 6.07) is 6.44. The summed E-state index contributed by atoms with van der Waals surface area (Å²) in [5, 5.41) is 0. The smallest absolute Gasteiger partial charge is 0.338 e. The fourth-order valence-corrected chi connectivity index (χ4v) is 1.26. The van der Waals surface area contributed by atoms with Crippen molar-refractivity contribution in [2.75, 3.05) is 13.2 Å². The first kappa shape index (κ1) is 15.8. The summed E-state index contributed by atoms with van der Waals surface area (Å²) in [7, 11) is 0. The summed E-state index contributed by atoms with van der Waals surface area (Å²) in [5.41, 5.74) is 0.477. The summed E-state index contributed by atoms with van der Waals surface area (Å²) in [6.07, 6.45) is 0. The minimum atomic E-state index is -0.508. The predicted molar refractivity (Wildman–Crippen MR) is 58.4 cm³/mol. The van der Waals surface area contributed by atoms with Crippen LogP contribution in [0.2, 0.25) is 0 Å². The Balaban J connectivity index is 0.00000256. The van der Waals surface area contributed by atoms with Crippen molar-refractivity contribution >= 4 is 11.9 Å². The average Bonchev–Trinajstić information content (AvgIpc) is 2.30. The molecule has 17 heavy (non-hydrogen) atoms. The van der Waals surface area contributed by atoms with Gasteiger partial charge in [0.25, 0.3) is 0 Å². The maximum atomic E-state index is 11.5. The van der Waals surface area contributed by atoms with Crippen molar-refractivity contribution in [3.05, 3.63) is 35.4 Å². The second-order valence-electron chi connectivity index (χ2n) is 2.99. The van der Waals surface area contributed by atoms with Gasteiger partial charge in [-0.2, -0.15) is 0 Å². The molecule has 0 unspecified atom stereocenters. The van der Waals surface area contributed by atoms with Crippen LogP contribution in [0.15, 0.2) is 24.3 Å². The molecule has 0 saturated heterocycles. The zero-order chi connectivity index (χ0) is 12.0. The molecular weight excluding hydrogens is 315 g/mol. The largest absolute Gasteiger partial charge is 0.462 e. The van der Waals surface area contributed by atoms with Crippen molar-refractivity contribution in [3.63, 3.8) is 0 Å². The van der Waals surface area contributed by atoms with Crippen LogP contribution in [0.4, 0.5) is 0 Å². The van der Waals surface area contributed by atoms with Crippen LogP contribution >= 0.6 is 0 Å². The fourth-order valence-electron chi connectivity index (χ4n) is 1.26. The van der Waals surface area contributed by atoms with Crippen molar-refractivity contribution < 1.29 is 39.5 Å². The third-order valence-electron chi connectivity index (χ3n) is 1.92. The minimum absolute atomic E-state index is 0. The van der Waals surface area contributed by atoms with E-state index in [0.717, 1.165) is 0 Å². The van der Waals surface area contributed by atoms with E-state index in [1.54, 1.807) is 38.1 Å². The van der Waals surface area contributed by atoms with Gasteiger partial charge in [0.2, 0.25) is 0 Å². The van der Waals surface area contributed by atoms with Gasteiger partial charge in [-0.15, -0.1) is 0 Å². The number of carbonyl (C=O) groups is 2. The standard InChI is InChI=1S/C12H14O4.Pd/c1-3-15-11(13)9-7-5-6-8-10(9)12(14)16-4-2;/h5-8H,3-4H2,1-2H3;. The van der Waals surface area contributed by atoms with Crippen LogP contribution in [-0.2, 0) is 29.9 Å². The molecule has 0 atom stereocenters. The van der Waals surface area contributed by atoms with Gasteiger partial charge in [0.15, 0.2) is 0 Å². The van der Waals surface area contributed by atoms with E-state index in [1.165, 1.54) is 0 Å². The van der Waals surface area contributed by atoms with E-state index in [4.69, 9.17) is 9.47 Å². The molecule has 0 aliphatic rings. The van der Waals surface area contributed by atoms with Crippen LogP contribution in [0.3, 0.4) is 0 Å². The number of carbonyl (C=O) groups excluding carboxylic acids is 2. The van der Waals surface area contributed by atoms with Crippen LogP contribution in [0.25, 0.3) is 0 Å². The van der Waals surface area contributed by atoms with Gasteiger partial charge in [-0.1, -0.05) is 12.1 Å². The molecule has 0 aromatic heterocycles. The topological polar surface area (TPSA) is 52.6 Å². The van der Waals surface area contributed by atoms with Crippen molar-refractivity contribution in [2.24, 2.45) is 0 Å². The summed E-state index contributed by atoms with van der Waals surface area (Å²) in [4.78, 5) is 23.1. The summed E-state index contributed by atoms with van der Waals surface area (Å²) < 4.78 is 9.70. The Morgan fingerprint density at radius 2 is 1.29 bits per heavy atom. The molecule has 0 saturated carbocycles. The van der Waals surface area contributed by atoms with E-state index >= 15 is 0 Å². The minimum Gasteiger partial charge on any atom is -0.462 e. The quantitative estimate of drug-likeness (QED) is 0.627. The molecule has 1 aromatic rings. The van der Waals surface area contributed by atoms with Gasteiger partial charge in [-0.25, -0.2) is 9.59 Å². The number of esters is 2. The predicted octanol–water partition coefficient (Wildman–Crippen LogP) is 2.04. The zero-order valence-electron chi connectivity index (χ0n) is 9.67. The Morgan fingerprint density at radius 1 is 0.941 bits per heavy atom. The normalized spacial score (nSPS) is 9.06. The Bertz CT molecular complexity index is 353. The Labute approximate surface area is 114 Å². The van der Waals surface area contributed by atoms with Gasteiger partial charge < -0.3 is 9.47 Å². The molecule has 0 bridgehead atoms. The molecule has 1 aromatic carbocycles. The van der Waals surface area contributed by atoms with E-state index in [2.05, 4.69) is 0 Å². The van der Waals surface area contributed by atoms with Gasteiger partial charge in [0, 0.05) is 20.4 Å². The average molecular weight is 329 g/mol. The summed E-state index contributed by atoms with van der Waals surface area (Å²) in [6.45, 7) is 3.97. The number of ether oxygens (including phenoxy) is 2. The first-order chi connectivity index (χ1) is 7.70. The van der Waals surface area contributed by atoms with Crippen LogP contribution in [0.1, 0.15) is 34.6 Å². The van der Waals surface area contributed by atoms with Crippen molar-refractivity contribution in [1.29, 1.82) is 0 Å². The van der Waals surface area contributed by atoms with E-state index in [9.17, 15) is 9.59 Å². The summed E-state index contributed by atoms with van der Waals surface area (Å²) >= 11 is 0. The SMILES string of the molecule is CCOC(=O)c1ccccc1C(=O)OCC.[Pd]. The molecule has 0 aliphatic heterocycles. The van der Waals surface area contributed by atoms with Crippen molar-refractivity contribution in [3.8, 4) is 0 Å². The molecule has 96 valence electrons. The van der Waals surface area contributed by atoms with E-state index in [1.807, 2.05) is 0 Å². The number of hydrogen-bond donors (Lipinski definition) is 0. The van der Waals surface area contributed by atoms with Crippen LogP contribution in [0, 0.1) is 0 Å². The van der Waals surface area contributed by atoms with E-state index in [-0.39, 0.29) is 44.8 Å². The fraction of sp³-hybridized carbons (Fsp3) is 0.333. The van der Waals surface area contributed by atoms with Crippen LogP contribution in [0.5, 0.6) is 0 Å². The van der Waals surface area contributed by atoms with Crippen LogP contribution in [-0.4, -0.2) is 25.2 Å². The molecular formula is C12H14O4Pd. The molecule has 0 spiro atoms. The molecule has 1 rings (SSSR count). The molecule has 0 radical (unpaired) electrons. The molecule has 0 N–H and O–H groups in total. The number of rotatable bonds is 4. The first-order valence-corrected chi connectivity index (χ1v) is 5.14. The van der Waals surface area contributed by atoms with Gasteiger partial charge >= 0.3 is 11.9 Å². The number of hydrogen-bond acceptors (Lipinski definition) is 4. The zero-order valence-corrected chi connectivity index (χ0v) is 11.2. The second-order valence-corrected chi connectivity index (χ2v) is 2.99.